The Bertz CT molecular complexity index is 1330. The summed E-state index contributed by atoms with van der Waals surface area (Å²) in [4.78, 5) is 7.51. The Morgan fingerprint density at radius 2 is 1.47 bits per heavy atom. The van der Waals surface area contributed by atoms with Crippen LogP contribution in [-0.2, 0) is 11.0 Å². The van der Waals surface area contributed by atoms with Crippen molar-refractivity contribution in [3.05, 3.63) is 60.2 Å². The van der Waals surface area contributed by atoms with Gasteiger partial charge in [-0.2, -0.15) is 0 Å². The van der Waals surface area contributed by atoms with E-state index in [1.54, 1.807) is 0 Å². The fraction of sp³-hybridized carbons (Fsp3) is 0.346. The van der Waals surface area contributed by atoms with Gasteiger partial charge < -0.3 is 9.33 Å². The number of fused-ring (bicyclic) bond motifs is 1. The smallest absolute Gasteiger partial charge is 0.231 e. The van der Waals surface area contributed by atoms with E-state index in [1.807, 2.05) is 61.5 Å². The molecule has 0 amide bonds. The summed E-state index contributed by atoms with van der Waals surface area (Å²) in [5, 5.41) is 19.1. The molecule has 2 aromatic carbocycles. The quantitative estimate of drug-likeness (QED) is 0.166. The van der Waals surface area contributed by atoms with Crippen LogP contribution in [0.1, 0.15) is 26.3 Å². The van der Waals surface area contributed by atoms with Crippen LogP contribution in [0.4, 0.5) is 27.2 Å². The molecule has 0 N–H and O–H groups in total. The number of thiazole rings is 1. The molecule has 36 heavy (non-hydrogen) atoms. The number of hydrogen-bond acceptors (Lipinski definition) is 9. The van der Waals surface area contributed by atoms with E-state index in [9.17, 15) is 0 Å². The molecule has 10 heteroatoms. The molecule has 0 radical (unpaired) electrons. The molecule has 7 nitrogen and oxygen atoms in total. The Labute approximate surface area is 221 Å². The van der Waals surface area contributed by atoms with Gasteiger partial charge in [-0.3, -0.25) is 0 Å². The van der Waals surface area contributed by atoms with Crippen LogP contribution in [0, 0.1) is 0 Å². The van der Waals surface area contributed by atoms with E-state index in [2.05, 4.69) is 71.4 Å². The van der Waals surface area contributed by atoms with E-state index in [-0.39, 0.29) is 5.04 Å². The van der Waals surface area contributed by atoms with Gasteiger partial charge in [0.2, 0.25) is 5.13 Å². The summed E-state index contributed by atoms with van der Waals surface area (Å²) in [6.07, 6.45) is 0. The number of rotatable bonds is 8. The van der Waals surface area contributed by atoms with E-state index in [1.165, 1.54) is 22.7 Å². The summed E-state index contributed by atoms with van der Waals surface area (Å²) < 4.78 is 7.34. The molecule has 4 aromatic rings. The minimum Gasteiger partial charge on any atom is -0.413 e. The first-order chi connectivity index (χ1) is 17.0. The van der Waals surface area contributed by atoms with Crippen molar-refractivity contribution in [1.29, 1.82) is 0 Å². The normalized spacial score (nSPS) is 12.9. The summed E-state index contributed by atoms with van der Waals surface area (Å²) in [7, 11) is 2.26. The number of benzene rings is 2. The van der Waals surface area contributed by atoms with Crippen molar-refractivity contribution in [3.63, 3.8) is 0 Å². The van der Waals surface area contributed by atoms with Gasteiger partial charge in [0.1, 0.15) is 9.83 Å². The maximum atomic E-state index is 6.30. The lowest BCUT2D eigenvalue weighted by molar-refractivity contribution is 0.276. The van der Waals surface area contributed by atoms with Gasteiger partial charge in [-0.15, -0.1) is 20.5 Å². The van der Waals surface area contributed by atoms with Crippen LogP contribution in [0.25, 0.3) is 9.53 Å². The summed E-state index contributed by atoms with van der Waals surface area (Å²) in [6, 6.07) is 18.0. The molecule has 0 spiro atoms. The number of hydrogen-bond donors (Lipinski definition) is 0. The molecular formula is C26H32N6OS2Si. The third-order valence-electron chi connectivity index (χ3n) is 6.29. The summed E-state index contributed by atoms with van der Waals surface area (Å²) in [5.41, 5.74) is 3.88. The second-order valence-electron chi connectivity index (χ2n) is 10.3. The number of aromatic nitrogens is 1. The molecular weight excluding hydrogens is 505 g/mol. The van der Waals surface area contributed by atoms with Gasteiger partial charge in [0.05, 0.1) is 22.7 Å². The number of nitrogens with zero attached hydrogens (tertiary/aromatic N) is 6. The lowest BCUT2D eigenvalue weighted by Gasteiger charge is -2.36. The Hall–Kier alpha value is -2.79. The average Bonchev–Trinajstić information content (AvgIpc) is 3.39. The Kier molecular flexibility index (Phi) is 7.79. The highest BCUT2D eigenvalue weighted by Gasteiger charge is 2.36. The fourth-order valence-electron chi connectivity index (χ4n) is 2.97. The molecule has 0 saturated heterocycles. The van der Waals surface area contributed by atoms with Crippen LogP contribution in [0.15, 0.2) is 75.1 Å². The van der Waals surface area contributed by atoms with Crippen molar-refractivity contribution in [1.82, 2.24) is 4.98 Å². The summed E-state index contributed by atoms with van der Waals surface area (Å²) in [6.45, 7) is 11.9. The second-order valence-corrected chi connectivity index (χ2v) is 17.1. The fourth-order valence-corrected chi connectivity index (χ4v) is 5.78. The van der Waals surface area contributed by atoms with Crippen LogP contribution in [0.3, 0.4) is 0 Å². The van der Waals surface area contributed by atoms with E-state index in [0.717, 1.165) is 37.2 Å². The van der Waals surface area contributed by atoms with Gasteiger partial charge >= 0.3 is 0 Å². The Morgan fingerprint density at radius 1 is 0.861 bits per heavy atom. The highest BCUT2D eigenvalue weighted by molar-refractivity contribution is 7.30. The van der Waals surface area contributed by atoms with Gasteiger partial charge in [0.25, 0.3) is 0 Å². The van der Waals surface area contributed by atoms with E-state index in [4.69, 9.17) is 4.43 Å². The molecule has 0 aliphatic carbocycles. The van der Waals surface area contributed by atoms with Gasteiger partial charge in [-0.25, -0.2) is 4.98 Å². The zero-order valence-corrected chi connectivity index (χ0v) is 24.4. The zero-order chi connectivity index (χ0) is 25.9. The molecule has 0 unspecified atom stereocenters. The van der Waals surface area contributed by atoms with E-state index < -0.39 is 8.32 Å². The average molecular weight is 537 g/mol. The van der Waals surface area contributed by atoms with E-state index in [0.29, 0.717) is 11.7 Å². The molecule has 2 heterocycles. The lowest BCUT2D eigenvalue weighted by atomic mass is 10.2. The topological polar surface area (TPSA) is 74.8 Å². The summed E-state index contributed by atoms with van der Waals surface area (Å²) in [5.74, 6) is 0. The second kappa shape index (κ2) is 10.7. The molecule has 0 bridgehead atoms. The molecule has 0 fully saturated rings. The first kappa shape index (κ1) is 26.3. The van der Waals surface area contributed by atoms with Crippen LogP contribution >= 0.6 is 22.7 Å². The van der Waals surface area contributed by atoms with Crippen molar-refractivity contribution >= 4 is 67.7 Å². The van der Waals surface area contributed by atoms with Crippen LogP contribution < -0.4 is 4.90 Å². The van der Waals surface area contributed by atoms with Crippen LogP contribution in [-0.4, -0.2) is 27.4 Å². The van der Waals surface area contributed by atoms with Crippen LogP contribution in [0.5, 0.6) is 0 Å². The molecule has 0 atom stereocenters. The molecule has 2 aromatic heterocycles. The number of thiophene rings is 1. The summed E-state index contributed by atoms with van der Waals surface area (Å²) >= 11 is 2.99. The maximum Gasteiger partial charge on any atom is 0.231 e. The lowest BCUT2D eigenvalue weighted by Crippen LogP contribution is -2.40. The van der Waals surface area contributed by atoms with Crippen molar-refractivity contribution in [2.75, 3.05) is 19.0 Å². The Morgan fingerprint density at radius 3 is 2.06 bits per heavy atom. The minimum atomic E-state index is -1.76. The first-order valence-corrected chi connectivity index (χ1v) is 16.3. The van der Waals surface area contributed by atoms with Crippen LogP contribution in [0.2, 0.25) is 18.1 Å². The highest BCUT2D eigenvalue weighted by Crippen LogP contribution is 2.39. The van der Waals surface area contributed by atoms with Crippen molar-refractivity contribution in [3.8, 4) is 0 Å². The zero-order valence-electron chi connectivity index (χ0n) is 21.8. The molecule has 4 rings (SSSR count). The van der Waals surface area contributed by atoms with Gasteiger partial charge in [-0.1, -0.05) is 55.6 Å². The van der Waals surface area contributed by atoms with E-state index >= 15 is 0 Å². The minimum absolute atomic E-state index is 0.201. The van der Waals surface area contributed by atoms with Gasteiger partial charge in [0.15, 0.2) is 8.32 Å². The molecule has 188 valence electrons. The van der Waals surface area contributed by atoms with Gasteiger partial charge in [0, 0.05) is 19.8 Å². The monoisotopic (exact) mass is 536 g/mol. The molecule has 0 aliphatic rings. The van der Waals surface area contributed by atoms with Gasteiger partial charge in [-0.05, 0) is 66.2 Å². The predicted molar refractivity (Wildman–Crippen MR) is 155 cm³/mol. The van der Waals surface area contributed by atoms with Crippen molar-refractivity contribution in [2.45, 2.75) is 45.5 Å². The molecule has 0 aliphatic heterocycles. The maximum absolute atomic E-state index is 6.30. The van der Waals surface area contributed by atoms with Crippen molar-refractivity contribution in [2.24, 2.45) is 20.5 Å². The third-order valence-corrected chi connectivity index (χ3v) is 12.7. The first-order valence-electron chi connectivity index (χ1n) is 11.7. The standard InChI is InChI=1S/C26H32N6OS2Si/c1-26(2,3)36(6,7)33-17-18-8-10-19(11-9-18)28-30-23-16-22-24(35-23)27-25(34-22)31-29-20-12-14-21(15-13-20)32(4)5/h8-16H,17H2,1-7H3. The highest BCUT2D eigenvalue weighted by atomic mass is 32.1. The predicted octanol–water partition coefficient (Wildman–Crippen LogP) is 9.78. The number of anilines is 1. The largest absolute Gasteiger partial charge is 0.413 e. The SMILES string of the molecule is CN(C)c1ccc(N=Nc2nc3sc(N=Nc4ccc(CO[Si](C)(C)C(C)(C)C)cc4)cc3s2)cc1. The third kappa shape index (κ3) is 6.50. The molecule has 0 saturated carbocycles. The number of azo groups is 2. The Balaban J connectivity index is 1.36. The van der Waals surface area contributed by atoms with Crippen molar-refractivity contribution < 1.29 is 4.43 Å².